The molecular formula is C15H25NO3. The molecule has 4 atom stereocenters. The predicted octanol–water partition coefficient (Wildman–Crippen LogP) is 2.67. The molecule has 1 aliphatic carbocycles. The van der Waals surface area contributed by atoms with E-state index in [1.165, 1.54) is 6.42 Å². The van der Waals surface area contributed by atoms with Gasteiger partial charge in [-0.2, -0.15) is 0 Å². The Balaban J connectivity index is 2.03. The van der Waals surface area contributed by atoms with E-state index in [0.29, 0.717) is 18.5 Å². The van der Waals surface area contributed by atoms with E-state index in [1.807, 2.05) is 4.90 Å². The minimum Gasteiger partial charge on any atom is -0.481 e. The summed E-state index contributed by atoms with van der Waals surface area (Å²) in [6, 6.07) is 0.614. The number of carbonyl (C=O) groups excluding carboxylic acids is 1. The molecule has 1 saturated heterocycles. The van der Waals surface area contributed by atoms with Crippen molar-refractivity contribution in [2.24, 2.45) is 11.8 Å². The Hall–Kier alpha value is -1.06. The fraction of sp³-hybridized carbons (Fsp3) is 0.867. The first-order valence-electron chi connectivity index (χ1n) is 7.55. The Bertz CT molecular complexity index is 345. The lowest BCUT2D eigenvalue weighted by Crippen LogP contribution is -2.50. The molecule has 0 aromatic carbocycles. The number of likely N-dealkylation sites (tertiary alicyclic amines) is 1. The zero-order chi connectivity index (χ0) is 14.0. The highest BCUT2D eigenvalue weighted by Crippen LogP contribution is 2.33. The van der Waals surface area contributed by atoms with E-state index in [0.717, 1.165) is 32.1 Å². The van der Waals surface area contributed by atoms with Crippen molar-refractivity contribution in [3.05, 3.63) is 0 Å². The van der Waals surface area contributed by atoms with Crippen molar-refractivity contribution in [3.63, 3.8) is 0 Å². The standard InChI is InChI=1S/C15H25NO3/c1-10-5-3-6-11(2)16(10)14(17)12-7-4-8-13(9-12)15(18)19/h10-13H,3-9H2,1-2H3,(H,18,19)/t10-,11+,12?,13?. The van der Waals surface area contributed by atoms with Crippen LogP contribution in [-0.4, -0.2) is 34.0 Å². The highest BCUT2D eigenvalue weighted by molar-refractivity contribution is 5.81. The normalized spacial score (nSPS) is 36.0. The molecule has 0 aromatic heterocycles. The summed E-state index contributed by atoms with van der Waals surface area (Å²) in [4.78, 5) is 25.8. The quantitative estimate of drug-likeness (QED) is 0.836. The van der Waals surface area contributed by atoms with E-state index in [4.69, 9.17) is 5.11 Å². The van der Waals surface area contributed by atoms with Gasteiger partial charge in [-0.25, -0.2) is 0 Å². The maximum Gasteiger partial charge on any atom is 0.306 e. The Kier molecular flexibility index (Phi) is 4.48. The van der Waals surface area contributed by atoms with Crippen molar-refractivity contribution < 1.29 is 14.7 Å². The molecular weight excluding hydrogens is 242 g/mol. The Morgan fingerprint density at radius 3 is 2.05 bits per heavy atom. The molecule has 108 valence electrons. The van der Waals surface area contributed by atoms with Crippen molar-refractivity contribution in [2.75, 3.05) is 0 Å². The van der Waals surface area contributed by atoms with Gasteiger partial charge < -0.3 is 10.0 Å². The van der Waals surface area contributed by atoms with Crippen molar-refractivity contribution in [1.29, 1.82) is 0 Å². The van der Waals surface area contributed by atoms with Gasteiger partial charge in [0.1, 0.15) is 0 Å². The maximum atomic E-state index is 12.7. The fourth-order valence-electron chi connectivity index (χ4n) is 3.70. The number of carbonyl (C=O) groups is 2. The fourth-order valence-corrected chi connectivity index (χ4v) is 3.70. The summed E-state index contributed by atoms with van der Waals surface area (Å²) in [5.41, 5.74) is 0. The van der Waals surface area contributed by atoms with Crippen LogP contribution in [0.2, 0.25) is 0 Å². The van der Waals surface area contributed by atoms with Crippen LogP contribution in [0.3, 0.4) is 0 Å². The molecule has 1 heterocycles. The number of hydrogen-bond acceptors (Lipinski definition) is 2. The zero-order valence-electron chi connectivity index (χ0n) is 12.0. The van der Waals surface area contributed by atoms with Crippen molar-refractivity contribution >= 4 is 11.9 Å². The summed E-state index contributed by atoms with van der Waals surface area (Å²) in [6.45, 7) is 4.23. The van der Waals surface area contributed by atoms with Crippen LogP contribution in [0.15, 0.2) is 0 Å². The van der Waals surface area contributed by atoms with Crippen LogP contribution < -0.4 is 0 Å². The van der Waals surface area contributed by atoms with E-state index in [1.54, 1.807) is 0 Å². The van der Waals surface area contributed by atoms with Crippen molar-refractivity contribution in [3.8, 4) is 0 Å². The number of aliphatic carboxylic acids is 1. The molecule has 0 bridgehead atoms. The second-order valence-corrected chi connectivity index (χ2v) is 6.27. The van der Waals surface area contributed by atoms with E-state index >= 15 is 0 Å². The van der Waals surface area contributed by atoms with Gasteiger partial charge in [0.25, 0.3) is 0 Å². The average molecular weight is 267 g/mol. The topological polar surface area (TPSA) is 57.6 Å². The third-order valence-corrected chi connectivity index (χ3v) is 4.82. The highest BCUT2D eigenvalue weighted by atomic mass is 16.4. The molecule has 1 N–H and O–H groups in total. The first kappa shape index (κ1) is 14.4. The minimum absolute atomic E-state index is 0.0714. The molecule has 2 aliphatic rings. The third-order valence-electron chi connectivity index (χ3n) is 4.82. The first-order chi connectivity index (χ1) is 9.00. The lowest BCUT2D eigenvalue weighted by Gasteiger charge is -2.42. The van der Waals surface area contributed by atoms with E-state index < -0.39 is 5.97 Å². The zero-order valence-corrected chi connectivity index (χ0v) is 12.0. The van der Waals surface area contributed by atoms with Gasteiger partial charge in [0, 0.05) is 18.0 Å². The maximum absolute atomic E-state index is 12.7. The van der Waals surface area contributed by atoms with Gasteiger partial charge in [0.05, 0.1) is 5.92 Å². The lowest BCUT2D eigenvalue weighted by atomic mass is 9.80. The summed E-state index contributed by atoms with van der Waals surface area (Å²) in [7, 11) is 0. The molecule has 0 aromatic rings. The van der Waals surface area contributed by atoms with Crippen LogP contribution in [0.1, 0.15) is 58.8 Å². The summed E-state index contributed by atoms with van der Waals surface area (Å²) in [5.74, 6) is -0.932. The largest absolute Gasteiger partial charge is 0.481 e. The van der Waals surface area contributed by atoms with E-state index in [9.17, 15) is 9.59 Å². The van der Waals surface area contributed by atoms with Crippen LogP contribution in [-0.2, 0) is 9.59 Å². The van der Waals surface area contributed by atoms with Gasteiger partial charge in [0.2, 0.25) is 5.91 Å². The summed E-state index contributed by atoms with van der Waals surface area (Å²) >= 11 is 0. The third kappa shape index (κ3) is 3.10. The van der Waals surface area contributed by atoms with Crippen molar-refractivity contribution in [1.82, 2.24) is 4.90 Å². The Labute approximate surface area is 115 Å². The summed E-state index contributed by atoms with van der Waals surface area (Å²) in [5, 5.41) is 9.13. The Morgan fingerprint density at radius 1 is 0.947 bits per heavy atom. The summed E-state index contributed by atoms with van der Waals surface area (Å²) in [6.07, 6.45) is 6.32. The number of amides is 1. The molecule has 1 saturated carbocycles. The molecule has 19 heavy (non-hydrogen) atoms. The van der Waals surface area contributed by atoms with E-state index in [2.05, 4.69) is 13.8 Å². The molecule has 1 amide bonds. The van der Waals surface area contributed by atoms with Crippen LogP contribution >= 0.6 is 0 Å². The average Bonchev–Trinajstić information content (AvgIpc) is 2.38. The lowest BCUT2D eigenvalue weighted by molar-refractivity contribution is -0.147. The first-order valence-corrected chi connectivity index (χ1v) is 7.55. The minimum atomic E-state index is -0.739. The number of piperidine rings is 1. The van der Waals surface area contributed by atoms with Crippen LogP contribution in [0.4, 0.5) is 0 Å². The smallest absolute Gasteiger partial charge is 0.306 e. The van der Waals surface area contributed by atoms with Gasteiger partial charge in [-0.1, -0.05) is 6.42 Å². The molecule has 2 fully saturated rings. The summed E-state index contributed by atoms with van der Waals surface area (Å²) < 4.78 is 0. The second kappa shape index (κ2) is 5.93. The Morgan fingerprint density at radius 2 is 1.47 bits per heavy atom. The van der Waals surface area contributed by atoms with Crippen molar-refractivity contribution in [2.45, 2.75) is 70.9 Å². The number of nitrogens with zero attached hydrogens (tertiary/aromatic N) is 1. The number of carboxylic acid groups (broad SMARTS) is 1. The van der Waals surface area contributed by atoms with E-state index in [-0.39, 0.29) is 17.7 Å². The molecule has 2 unspecified atom stereocenters. The van der Waals surface area contributed by atoms with Crippen LogP contribution in [0.5, 0.6) is 0 Å². The van der Waals surface area contributed by atoms with Crippen LogP contribution in [0, 0.1) is 11.8 Å². The van der Waals surface area contributed by atoms with Gasteiger partial charge in [-0.15, -0.1) is 0 Å². The molecule has 0 spiro atoms. The molecule has 4 nitrogen and oxygen atoms in total. The van der Waals surface area contributed by atoms with Gasteiger partial charge in [0.15, 0.2) is 0 Å². The number of hydrogen-bond donors (Lipinski definition) is 1. The molecule has 0 radical (unpaired) electrons. The molecule has 4 heteroatoms. The number of carboxylic acids is 1. The van der Waals surface area contributed by atoms with Gasteiger partial charge in [-0.05, 0) is 52.4 Å². The molecule has 1 aliphatic heterocycles. The SMILES string of the molecule is C[C@@H]1CCC[C@H](C)N1C(=O)C1CCCC(C(=O)O)C1. The van der Waals surface area contributed by atoms with Crippen LogP contribution in [0.25, 0.3) is 0 Å². The number of rotatable bonds is 2. The highest BCUT2D eigenvalue weighted by Gasteiger charge is 2.37. The monoisotopic (exact) mass is 267 g/mol. The molecule has 2 rings (SSSR count). The second-order valence-electron chi connectivity index (χ2n) is 6.27. The predicted molar refractivity (Wildman–Crippen MR) is 72.7 cm³/mol. The van der Waals surface area contributed by atoms with Gasteiger partial charge in [-0.3, -0.25) is 9.59 Å². The van der Waals surface area contributed by atoms with Gasteiger partial charge >= 0.3 is 5.97 Å².